The predicted molar refractivity (Wildman–Crippen MR) is 105 cm³/mol. The molecule has 132 valence electrons. The molecule has 0 radical (unpaired) electrons. The largest absolute Gasteiger partial charge is 0.370 e. The van der Waals surface area contributed by atoms with E-state index in [0.29, 0.717) is 17.3 Å². The van der Waals surface area contributed by atoms with Crippen LogP contribution in [0.4, 0.5) is 11.5 Å². The Morgan fingerprint density at radius 2 is 1.73 bits per heavy atom. The Morgan fingerprint density at radius 3 is 2.46 bits per heavy atom. The lowest BCUT2D eigenvalue weighted by atomic mass is 10.2. The van der Waals surface area contributed by atoms with E-state index in [1.165, 1.54) is 0 Å². The normalized spacial score (nSPS) is 10.4. The van der Waals surface area contributed by atoms with Crippen molar-refractivity contribution in [3.8, 4) is 11.4 Å². The second-order valence-corrected chi connectivity index (χ2v) is 6.02. The molecule has 1 aromatic heterocycles. The van der Waals surface area contributed by atoms with Gasteiger partial charge in [0.2, 0.25) is 0 Å². The monoisotopic (exact) mass is 346 g/mol. The lowest BCUT2D eigenvalue weighted by Crippen LogP contribution is -2.16. The van der Waals surface area contributed by atoms with E-state index in [9.17, 15) is 4.79 Å². The number of aromatic nitrogens is 2. The smallest absolute Gasteiger partial charge is 0.274 e. The number of carbonyl (C=O) groups is 1. The van der Waals surface area contributed by atoms with E-state index in [-0.39, 0.29) is 5.91 Å². The summed E-state index contributed by atoms with van der Waals surface area (Å²) in [7, 11) is 0. The molecule has 0 fully saturated rings. The second-order valence-electron chi connectivity index (χ2n) is 6.02. The van der Waals surface area contributed by atoms with Gasteiger partial charge in [-0.1, -0.05) is 55.5 Å². The zero-order valence-electron chi connectivity index (χ0n) is 15.0. The highest BCUT2D eigenvalue weighted by atomic mass is 16.1. The molecule has 0 aliphatic carbocycles. The summed E-state index contributed by atoms with van der Waals surface area (Å²) >= 11 is 0. The molecule has 2 aromatic carbocycles. The molecule has 0 saturated heterocycles. The number of nitrogens with one attached hydrogen (secondary N) is 2. The van der Waals surface area contributed by atoms with Gasteiger partial charge in [-0.2, -0.15) is 0 Å². The van der Waals surface area contributed by atoms with E-state index in [1.807, 2.05) is 61.5 Å². The molecule has 0 bridgehead atoms. The molecule has 0 atom stereocenters. The van der Waals surface area contributed by atoms with E-state index in [1.54, 1.807) is 6.07 Å². The van der Waals surface area contributed by atoms with Gasteiger partial charge in [0.15, 0.2) is 5.82 Å². The molecular weight excluding hydrogens is 324 g/mol. The first-order valence-corrected chi connectivity index (χ1v) is 8.72. The van der Waals surface area contributed by atoms with Crippen molar-refractivity contribution >= 4 is 17.4 Å². The lowest BCUT2D eigenvalue weighted by molar-refractivity contribution is 0.102. The highest BCUT2D eigenvalue weighted by molar-refractivity contribution is 6.03. The van der Waals surface area contributed by atoms with Gasteiger partial charge in [0.25, 0.3) is 5.91 Å². The lowest BCUT2D eigenvalue weighted by Gasteiger charge is -2.11. The van der Waals surface area contributed by atoms with E-state index in [2.05, 4.69) is 27.5 Å². The summed E-state index contributed by atoms with van der Waals surface area (Å²) in [5.74, 6) is 0.927. The molecule has 0 aliphatic rings. The number of para-hydroxylation sites is 1. The van der Waals surface area contributed by atoms with Crippen molar-refractivity contribution in [2.45, 2.75) is 20.3 Å². The molecule has 5 nitrogen and oxygen atoms in total. The minimum atomic E-state index is -0.251. The zero-order valence-corrected chi connectivity index (χ0v) is 15.0. The second kappa shape index (κ2) is 8.25. The van der Waals surface area contributed by atoms with Crippen molar-refractivity contribution in [2.24, 2.45) is 0 Å². The molecular formula is C21H22N4O. The number of aryl methyl sites for hydroxylation is 1. The van der Waals surface area contributed by atoms with Crippen LogP contribution in [0.25, 0.3) is 11.4 Å². The number of carbonyl (C=O) groups excluding carboxylic acids is 1. The van der Waals surface area contributed by atoms with E-state index in [4.69, 9.17) is 0 Å². The van der Waals surface area contributed by atoms with Gasteiger partial charge in [-0.05, 0) is 25.0 Å². The Hall–Kier alpha value is -3.21. The van der Waals surface area contributed by atoms with Crippen LogP contribution in [-0.2, 0) is 0 Å². The Balaban J connectivity index is 1.94. The Bertz CT molecular complexity index is 894. The van der Waals surface area contributed by atoms with Gasteiger partial charge in [-0.3, -0.25) is 4.79 Å². The number of benzene rings is 2. The van der Waals surface area contributed by atoms with Crippen molar-refractivity contribution in [1.82, 2.24) is 9.97 Å². The average molecular weight is 346 g/mol. The first-order valence-electron chi connectivity index (χ1n) is 8.72. The van der Waals surface area contributed by atoms with Crippen LogP contribution in [0.5, 0.6) is 0 Å². The van der Waals surface area contributed by atoms with Crippen LogP contribution >= 0.6 is 0 Å². The van der Waals surface area contributed by atoms with Crippen LogP contribution in [0, 0.1) is 6.92 Å². The van der Waals surface area contributed by atoms with Gasteiger partial charge in [0, 0.05) is 23.9 Å². The summed E-state index contributed by atoms with van der Waals surface area (Å²) in [5.41, 5.74) is 2.99. The van der Waals surface area contributed by atoms with Gasteiger partial charge < -0.3 is 10.6 Å². The fourth-order valence-electron chi connectivity index (χ4n) is 2.52. The maximum atomic E-state index is 12.7. The summed E-state index contributed by atoms with van der Waals surface area (Å²) in [6.45, 7) is 4.82. The Labute approximate surface area is 153 Å². The minimum Gasteiger partial charge on any atom is -0.370 e. The number of nitrogens with zero attached hydrogens (tertiary/aromatic N) is 2. The number of hydrogen-bond donors (Lipinski definition) is 2. The van der Waals surface area contributed by atoms with E-state index >= 15 is 0 Å². The van der Waals surface area contributed by atoms with Crippen molar-refractivity contribution in [3.05, 3.63) is 71.9 Å². The fraction of sp³-hybridized carbons (Fsp3) is 0.190. The number of amides is 1. The quantitative estimate of drug-likeness (QED) is 0.688. The maximum absolute atomic E-state index is 12.7. The molecule has 3 aromatic rings. The molecule has 2 N–H and O–H groups in total. The SMILES string of the molecule is CCCNc1cc(C(=O)Nc2ccccc2C)nc(-c2ccccc2)n1. The minimum absolute atomic E-state index is 0.251. The van der Waals surface area contributed by atoms with Crippen LogP contribution in [0.1, 0.15) is 29.4 Å². The number of hydrogen-bond acceptors (Lipinski definition) is 4. The van der Waals surface area contributed by atoms with Crippen LogP contribution in [-0.4, -0.2) is 22.4 Å². The van der Waals surface area contributed by atoms with Crippen molar-refractivity contribution in [2.75, 3.05) is 17.2 Å². The first-order chi connectivity index (χ1) is 12.7. The van der Waals surface area contributed by atoms with E-state index < -0.39 is 0 Å². The van der Waals surface area contributed by atoms with Gasteiger partial charge >= 0.3 is 0 Å². The van der Waals surface area contributed by atoms with Crippen LogP contribution < -0.4 is 10.6 Å². The fourth-order valence-corrected chi connectivity index (χ4v) is 2.52. The number of anilines is 2. The average Bonchev–Trinajstić information content (AvgIpc) is 2.68. The highest BCUT2D eigenvalue weighted by Crippen LogP contribution is 2.19. The van der Waals surface area contributed by atoms with Gasteiger partial charge in [0.05, 0.1) is 0 Å². The standard InChI is InChI=1S/C21H22N4O/c1-3-13-22-19-14-18(21(26)24-17-12-8-7-9-15(17)2)23-20(25-19)16-10-5-4-6-11-16/h4-12,14H,3,13H2,1-2H3,(H,24,26)(H,22,23,25). The van der Waals surface area contributed by atoms with Crippen molar-refractivity contribution < 1.29 is 4.79 Å². The topological polar surface area (TPSA) is 66.9 Å². The first kappa shape index (κ1) is 17.6. The molecule has 5 heteroatoms. The molecule has 0 aliphatic heterocycles. The third-order valence-corrected chi connectivity index (χ3v) is 3.94. The molecule has 1 heterocycles. The van der Waals surface area contributed by atoms with Crippen molar-refractivity contribution in [1.29, 1.82) is 0 Å². The summed E-state index contributed by atoms with van der Waals surface area (Å²) < 4.78 is 0. The summed E-state index contributed by atoms with van der Waals surface area (Å²) in [4.78, 5) is 21.8. The third kappa shape index (κ3) is 4.25. The molecule has 3 rings (SSSR count). The third-order valence-electron chi connectivity index (χ3n) is 3.94. The van der Waals surface area contributed by atoms with Crippen LogP contribution in [0.3, 0.4) is 0 Å². The Kier molecular flexibility index (Phi) is 5.59. The molecule has 0 spiro atoms. The van der Waals surface area contributed by atoms with Gasteiger partial charge in [0.1, 0.15) is 11.5 Å². The number of rotatable bonds is 6. The molecule has 0 saturated carbocycles. The molecule has 1 amide bonds. The maximum Gasteiger partial charge on any atom is 0.274 e. The summed E-state index contributed by atoms with van der Waals surface area (Å²) in [6, 6.07) is 19.0. The van der Waals surface area contributed by atoms with E-state index in [0.717, 1.165) is 29.8 Å². The molecule has 26 heavy (non-hydrogen) atoms. The van der Waals surface area contributed by atoms with Crippen LogP contribution in [0.15, 0.2) is 60.7 Å². The zero-order chi connectivity index (χ0) is 18.4. The van der Waals surface area contributed by atoms with Gasteiger partial charge in [-0.25, -0.2) is 9.97 Å². The Morgan fingerprint density at radius 1 is 1.00 bits per heavy atom. The van der Waals surface area contributed by atoms with Crippen LogP contribution in [0.2, 0.25) is 0 Å². The van der Waals surface area contributed by atoms with Gasteiger partial charge in [-0.15, -0.1) is 0 Å². The molecule has 0 unspecified atom stereocenters. The summed E-state index contributed by atoms with van der Waals surface area (Å²) in [6.07, 6.45) is 0.968. The summed E-state index contributed by atoms with van der Waals surface area (Å²) in [5, 5.41) is 6.18. The predicted octanol–water partition coefficient (Wildman–Crippen LogP) is 4.53. The van der Waals surface area contributed by atoms with Crippen molar-refractivity contribution in [3.63, 3.8) is 0 Å². The highest BCUT2D eigenvalue weighted by Gasteiger charge is 2.14.